The Hall–Kier alpha value is -1.30. The van der Waals surface area contributed by atoms with Crippen LogP contribution in [0.3, 0.4) is 0 Å². The quantitative estimate of drug-likeness (QED) is 0.435. The maximum atomic E-state index is 13.1. The van der Waals surface area contributed by atoms with Crippen LogP contribution in [0.15, 0.2) is 42.5 Å². The maximum absolute atomic E-state index is 13.1. The molecule has 1 aliphatic heterocycles. The lowest BCUT2D eigenvalue weighted by atomic mass is 9.68. The molecule has 1 aromatic carbocycles. The van der Waals surface area contributed by atoms with Gasteiger partial charge in [0.05, 0.1) is 5.45 Å². The van der Waals surface area contributed by atoms with Crippen molar-refractivity contribution in [3.05, 3.63) is 53.6 Å². The van der Waals surface area contributed by atoms with E-state index in [9.17, 15) is 14.7 Å². The highest BCUT2D eigenvalue weighted by atomic mass is 79.9. The Balaban J connectivity index is 2.27. The van der Waals surface area contributed by atoms with E-state index < -0.39 is 27.5 Å². The normalized spacial score (nSPS) is 31.8. The van der Waals surface area contributed by atoms with Crippen LogP contribution in [0.1, 0.15) is 23.5 Å². The number of phenols is 1. The largest absolute Gasteiger partial charge is 0.508 e. The van der Waals surface area contributed by atoms with Gasteiger partial charge in [0.2, 0.25) is 0 Å². The van der Waals surface area contributed by atoms with E-state index >= 15 is 0 Å². The number of fused-ring (bicyclic) bond motifs is 1. The van der Waals surface area contributed by atoms with Crippen molar-refractivity contribution in [1.82, 2.24) is 4.90 Å². The van der Waals surface area contributed by atoms with Crippen LogP contribution in [0.25, 0.3) is 0 Å². The lowest BCUT2D eigenvalue weighted by Gasteiger charge is -2.42. The van der Waals surface area contributed by atoms with Gasteiger partial charge in [-0.15, -0.1) is 23.2 Å². The first kappa shape index (κ1) is 18.5. The molecule has 3 rings (SSSR count). The number of carbonyl (C=O) groups excluding carboxylic acids is 2. The summed E-state index contributed by atoms with van der Waals surface area (Å²) in [5.74, 6) is -1.56. The minimum Gasteiger partial charge on any atom is -0.508 e. The van der Waals surface area contributed by atoms with Crippen LogP contribution in [0.2, 0.25) is 0 Å². The monoisotopic (exact) mass is 443 g/mol. The molecule has 2 amide bonds. The fraction of sp³-hybridized carbons (Fsp3) is 0.333. The summed E-state index contributed by atoms with van der Waals surface area (Å²) >= 11 is 16.7. The SMILES string of the molecule is C=CC1=CCC2(Cl)C(=O)N(CBr)C(=O)C2(Cl)C1c1ccc(O)c(C)c1. The molecule has 7 heteroatoms. The number of allylic oxidation sites excluding steroid dienone is 3. The molecule has 0 aromatic heterocycles. The molecule has 132 valence electrons. The first-order valence-corrected chi connectivity index (χ1v) is 9.52. The first-order valence-electron chi connectivity index (χ1n) is 7.64. The molecular formula is C18H16BrCl2NO3. The van der Waals surface area contributed by atoms with E-state index in [1.165, 1.54) is 0 Å². The smallest absolute Gasteiger partial charge is 0.254 e. The number of imide groups is 1. The lowest BCUT2D eigenvalue weighted by molar-refractivity contribution is -0.138. The van der Waals surface area contributed by atoms with E-state index in [0.29, 0.717) is 11.1 Å². The van der Waals surface area contributed by atoms with Gasteiger partial charge in [0.15, 0.2) is 9.75 Å². The van der Waals surface area contributed by atoms with Crippen LogP contribution in [0, 0.1) is 6.92 Å². The van der Waals surface area contributed by atoms with Gasteiger partial charge in [-0.1, -0.05) is 46.8 Å². The molecule has 0 saturated carbocycles. The van der Waals surface area contributed by atoms with Gasteiger partial charge in [-0.05, 0) is 36.1 Å². The van der Waals surface area contributed by atoms with Gasteiger partial charge >= 0.3 is 0 Å². The molecule has 3 atom stereocenters. The number of rotatable bonds is 3. The van der Waals surface area contributed by atoms with Crippen molar-refractivity contribution >= 4 is 50.9 Å². The number of carbonyl (C=O) groups is 2. The molecule has 1 aromatic rings. The standard InChI is InChI=1S/C18H16BrCl2NO3/c1-3-11-6-7-17(20)15(24)22(9-19)16(25)18(17,21)14(11)12-4-5-13(23)10(2)8-12/h3-6,8,14,23H,1,7,9H2,2H3. The third-order valence-electron chi connectivity index (χ3n) is 4.98. The summed E-state index contributed by atoms with van der Waals surface area (Å²) in [6, 6.07) is 4.98. The predicted molar refractivity (Wildman–Crippen MR) is 101 cm³/mol. The van der Waals surface area contributed by atoms with Crippen molar-refractivity contribution < 1.29 is 14.7 Å². The fourth-order valence-corrected chi connectivity index (χ4v) is 4.95. The molecule has 4 nitrogen and oxygen atoms in total. The first-order chi connectivity index (χ1) is 11.7. The Labute approximate surface area is 164 Å². The zero-order chi connectivity index (χ0) is 18.6. The molecule has 0 radical (unpaired) electrons. The number of aromatic hydroxyl groups is 1. The van der Waals surface area contributed by atoms with E-state index in [2.05, 4.69) is 22.5 Å². The van der Waals surface area contributed by atoms with Gasteiger partial charge < -0.3 is 5.11 Å². The summed E-state index contributed by atoms with van der Waals surface area (Å²) < 4.78 is 0. The van der Waals surface area contributed by atoms with E-state index in [-0.39, 0.29) is 17.6 Å². The average molecular weight is 445 g/mol. The van der Waals surface area contributed by atoms with Crippen LogP contribution in [-0.2, 0) is 9.59 Å². The second-order valence-corrected chi connectivity index (χ2v) is 8.01. The number of hydrogen-bond donors (Lipinski definition) is 1. The van der Waals surface area contributed by atoms with Gasteiger partial charge in [0.1, 0.15) is 5.75 Å². The Morgan fingerprint density at radius 2 is 2.08 bits per heavy atom. The Morgan fingerprint density at radius 1 is 1.40 bits per heavy atom. The number of halogens is 3. The van der Waals surface area contributed by atoms with Crippen molar-refractivity contribution in [1.29, 1.82) is 0 Å². The van der Waals surface area contributed by atoms with Crippen molar-refractivity contribution in [2.24, 2.45) is 0 Å². The summed E-state index contributed by atoms with van der Waals surface area (Å²) in [7, 11) is 0. The minimum atomic E-state index is -1.67. The van der Waals surface area contributed by atoms with Crippen LogP contribution >= 0.6 is 39.1 Å². The average Bonchev–Trinajstić information content (AvgIpc) is 2.74. The molecule has 1 fully saturated rings. The third-order valence-corrected chi connectivity index (χ3v) is 6.89. The van der Waals surface area contributed by atoms with Crippen molar-refractivity contribution in [2.45, 2.75) is 29.0 Å². The van der Waals surface area contributed by atoms with E-state index in [4.69, 9.17) is 23.2 Å². The van der Waals surface area contributed by atoms with Gasteiger partial charge in [-0.3, -0.25) is 14.5 Å². The summed E-state index contributed by atoms with van der Waals surface area (Å²) in [4.78, 5) is 23.6. The molecule has 25 heavy (non-hydrogen) atoms. The van der Waals surface area contributed by atoms with E-state index in [1.54, 1.807) is 37.3 Å². The molecule has 1 aliphatic carbocycles. The van der Waals surface area contributed by atoms with Crippen LogP contribution in [-0.4, -0.2) is 37.0 Å². The summed E-state index contributed by atoms with van der Waals surface area (Å²) in [6.45, 7) is 5.56. The molecule has 1 saturated heterocycles. The number of amides is 2. The van der Waals surface area contributed by atoms with Gasteiger partial charge in [0, 0.05) is 5.92 Å². The second-order valence-electron chi connectivity index (χ2n) is 6.26. The highest BCUT2D eigenvalue weighted by Gasteiger charge is 2.72. The van der Waals surface area contributed by atoms with Crippen LogP contribution < -0.4 is 0 Å². The Bertz CT molecular complexity index is 825. The van der Waals surface area contributed by atoms with Gasteiger partial charge in [-0.25, -0.2) is 0 Å². The van der Waals surface area contributed by atoms with Crippen LogP contribution in [0.4, 0.5) is 0 Å². The number of aryl methyl sites for hydroxylation is 1. The van der Waals surface area contributed by atoms with Crippen molar-refractivity contribution in [2.75, 3.05) is 5.45 Å². The Morgan fingerprint density at radius 3 is 2.64 bits per heavy atom. The zero-order valence-corrected chi connectivity index (χ0v) is 16.5. The number of phenolic OH excluding ortho intramolecular Hbond substituents is 1. The molecular weight excluding hydrogens is 429 g/mol. The van der Waals surface area contributed by atoms with E-state index in [1.807, 2.05) is 0 Å². The highest BCUT2D eigenvalue weighted by Crippen LogP contribution is 2.59. The van der Waals surface area contributed by atoms with Crippen molar-refractivity contribution in [3.8, 4) is 5.75 Å². The van der Waals surface area contributed by atoms with Crippen LogP contribution in [0.5, 0.6) is 5.75 Å². The van der Waals surface area contributed by atoms with E-state index in [0.717, 1.165) is 10.5 Å². The molecule has 1 N–H and O–H groups in total. The number of alkyl halides is 3. The summed E-state index contributed by atoms with van der Waals surface area (Å²) in [5.41, 5.74) is 2.09. The highest BCUT2D eigenvalue weighted by molar-refractivity contribution is 9.09. The minimum absolute atomic E-state index is 0.0261. The number of hydrogen-bond acceptors (Lipinski definition) is 3. The second kappa shape index (κ2) is 6.15. The molecule has 3 unspecified atom stereocenters. The Kier molecular flexibility index (Phi) is 4.55. The topological polar surface area (TPSA) is 57.6 Å². The zero-order valence-electron chi connectivity index (χ0n) is 13.4. The third kappa shape index (κ3) is 2.32. The fourth-order valence-electron chi connectivity index (χ4n) is 3.61. The molecule has 0 bridgehead atoms. The maximum Gasteiger partial charge on any atom is 0.254 e. The van der Waals surface area contributed by atoms with Gasteiger partial charge in [0.25, 0.3) is 11.8 Å². The summed E-state index contributed by atoms with van der Waals surface area (Å²) in [6.07, 6.45) is 3.57. The number of nitrogens with zero attached hydrogens (tertiary/aromatic N) is 1. The molecule has 1 heterocycles. The van der Waals surface area contributed by atoms with Crippen molar-refractivity contribution in [3.63, 3.8) is 0 Å². The molecule has 2 aliphatic rings. The summed E-state index contributed by atoms with van der Waals surface area (Å²) in [5, 5.41) is 9.81. The lowest BCUT2D eigenvalue weighted by Crippen LogP contribution is -2.54. The predicted octanol–water partition coefficient (Wildman–Crippen LogP) is 3.98. The number of likely N-dealkylation sites (tertiary alicyclic amines) is 1. The number of benzene rings is 1. The van der Waals surface area contributed by atoms with Gasteiger partial charge in [-0.2, -0.15) is 0 Å². The molecule has 0 spiro atoms.